The molecule has 0 saturated carbocycles. The number of hydrogen-bond acceptors (Lipinski definition) is 7. The van der Waals surface area contributed by atoms with Gasteiger partial charge in [-0.1, -0.05) is 51.8 Å². The summed E-state index contributed by atoms with van der Waals surface area (Å²) >= 11 is 19.1. The van der Waals surface area contributed by atoms with Gasteiger partial charge in [-0.2, -0.15) is 0 Å². The highest BCUT2D eigenvalue weighted by Crippen LogP contribution is 2.41. The highest BCUT2D eigenvalue weighted by Gasteiger charge is 2.46. The van der Waals surface area contributed by atoms with Gasteiger partial charge in [0, 0.05) is 10.5 Å². The van der Waals surface area contributed by atoms with Crippen LogP contribution in [-0.2, 0) is 4.74 Å². The van der Waals surface area contributed by atoms with Crippen LogP contribution in [-0.4, -0.2) is 60.7 Å². The van der Waals surface area contributed by atoms with E-state index in [1.807, 2.05) is 0 Å². The number of thioether (sulfide) groups is 1. The summed E-state index contributed by atoms with van der Waals surface area (Å²) in [6.45, 7) is -0.584. The van der Waals surface area contributed by atoms with Crippen LogP contribution >= 0.6 is 46.6 Å². The summed E-state index contributed by atoms with van der Waals surface area (Å²) in [5.41, 5.74) is -1.16. The quantitative estimate of drug-likeness (QED) is 0.407. The van der Waals surface area contributed by atoms with Crippen LogP contribution in [0.3, 0.4) is 0 Å². The monoisotopic (exact) mass is 555 g/mol. The predicted octanol–water partition coefficient (Wildman–Crippen LogP) is 4.10. The second-order valence-corrected chi connectivity index (χ2v) is 9.72. The van der Waals surface area contributed by atoms with Gasteiger partial charge in [0.05, 0.1) is 27.9 Å². The van der Waals surface area contributed by atoms with Crippen molar-refractivity contribution in [3.63, 3.8) is 0 Å². The van der Waals surface area contributed by atoms with E-state index in [0.29, 0.717) is 4.90 Å². The summed E-state index contributed by atoms with van der Waals surface area (Å²) < 4.78 is 47.3. The molecule has 7 nitrogen and oxygen atoms in total. The highest BCUT2D eigenvalue weighted by molar-refractivity contribution is 7.99. The first kappa shape index (κ1) is 25.5. The molecular weight excluding hydrogens is 542 g/mol. The van der Waals surface area contributed by atoms with Crippen molar-refractivity contribution in [2.75, 3.05) is 6.61 Å². The molecule has 2 aromatic carbocycles. The minimum Gasteiger partial charge on any atom is -0.394 e. The van der Waals surface area contributed by atoms with E-state index in [0.717, 1.165) is 28.6 Å². The Morgan fingerprint density at radius 1 is 1.00 bits per heavy atom. The molecule has 1 aliphatic heterocycles. The van der Waals surface area contributed by atoms with E-state index in [2.05, 4.69) is 10.3 Å². The highest BCUT2D eigenvalue weighted by atomic mass is 35.5. The fourth-order valence-electron chi connectivity index (χ4n) is 3.47. The standard InChI is InChI=1S/C20H15Cl3F3N3O4S/c21-9-3-8(4-10(22)15(9)23)34-20-19(32)17(18(31)14(6-30)33-20)29-5-13(27-28-29)7-1-11(24)16(26)12(25)2-7/h1-5,14,17-20,30-32H,6H2/t14-,17+,18+,19-,20-/m1/s1. The van der Waals surface area contributed by atoms with Crippen LogP contribution in [0.5, 0.6) is 0 Å². The summed E-state index contributed by atoms with van der Waals surface area (Å²) in [5.74, 6) is -4.44. The Kier molecular flexibility index (Phi) is 7.65. The molecule has 5 atom stereocenters. The number of benzene rings is 2. The Labute approximate surface area is 210 Å². The van der Waals surface area contributed by atoms with Crippen molar-refractivity contribution < 1.29 is 33.2 Å². The molecule has 34 heavy (non-hydrogen) atoms. The van der Waals surface area contributed by atoms with E-state index in [4.69, 9.17) is 39.5 Å². The van der Waals surface area contributed by atoms with Crippen molar-refractivity contribution in [3.05, 3.63) is 63.0 Å². The fraction of sp³-hybridized carbons (Fsp3) is 0.300. The van der Waals surface area contributed by atoms with Gasteiger partial charge in [-0.25, -0.2) is 17.9 Å². The fourth-order valence-corrected chi connectivity index (χ4v) is 5.33. The maximum absolute atomic E-state index is 13.6. The van der Waals surface area contributed by atoms with Crippen molar-refractivity contribution in [1.29, 1.82) is 0 Å². The molecule has 3 aromatic rings. The molecular formula is C20H15Cl3F3N3O4S. The average Bonchev–Trinajstić information content (AvgIpc) is 3.27. The van der Waals surface area contributed by atoms with E-state index in [9.17, 15) is 28.5 Å². The molecule has 3 N–H and O–H groups in total. The maximum Gasteiger partial charge on any atom is 0.194 e. The van der Waals surface area contributed by atoms with Crippen molar-refractivity contribution in [2.45, 2.75) is 34.7 Å². The molecule has 1 fully saturated rings. The summed E-state index contributed by atoms with van der Waals surface area (Å²) in [5, 5.41) is 39.5. The zero-order valence-corrected chi connectivity index (χ0v) is 19.8. The number of nitrogens with zero attached hydrogens (tertiary/aromatic N) is 3. The third-order valence-electron chi connectivity index (χ3n) is 5.15. The van der Waals surface area contributed by atoms with Gasteiger partial charge in [0.25, 0.3) is 0 Å². The molecule has 2 heterocycles. The normalized spacial score (nSPS) is 25.0. The first-order valence-corrected chi connectivity index (χ1v) is 11.6. The first-order valence-electron chi connectivity index (χ1n) is 9.61. The molecule has 1 aliphatic rings. The van der Waals surface area contributed by atoms with Crippen LogP contribution < -0.4 is 0 Å². The van der Waals surface area contributed by atoms with E-state index in [-0.39, 0.29) is 26.3 Å². The molecule has 182 valence electrons. The molecule has 0 amide bonds. The maximum atomic E-state index is 13.6. The molecule has 1 aromatic heterocycles. The van der Waals surface area contributed by atoms with Crippen molar-refractivity contribution in [3.8, 4) is 11.3 Å². The molecule has 0 spiro atoms. The molecule has 0 radical (unpaired) electrons. The Bertz CT molecular complexity index is 1170. The number of aliphatic hydroxyl groups is 3. The van der Waals surface area contributed by atoms with Gasteiger partial charge in [0.1, 0.15) is 35.5 Å². The lowest BCUT2D eigenvalue weighted by Gasteiger charge is -2.41. The van der Waals surface area contributed by atoms with E-state index in [1.54, 1.807) is 0 Å². The minimum absolute atomic E-state index is 0.0373. The number of halogens is 6. The summed E-state index contributed by atoms with van der Waals surface area (Å²) in [4.78, 5) is 0.492. The molecule has 0 bridgehead atoms. The number of rotatable bonds is 5. The molecule has 0 unspecified atom stereocenters. The van der Waals surface area contributed by atoms with Crippen molar-refractivity contribution >= 4 is 46.6 Å². The van der Waals surface area contributed by atoms with Crippen LogP contribution in [0, 0.1) is 17.5 Å². The van der Waals surface area contributed by atoms with Gasteiger partial charge in [0.15, 0.2) is 17.5 Å². The minimum atomic E-state index is -1.63. The zero-order valence-electron chi connectivity index (χ0n) is 16.7. The first-order chi connectivity index (χ1) is 16.1. The Morgan fingerprint density at radius 3 is 2.21 bits per heavy atom. The van der Waals surface area contributed by atoms with Gasteiger partial charge < -0.3 is 20.1 Å². The Hall–Kier alpha value is -1.57. The van der Waals surface area contributed by atoms with Crippen LogP contribution in [0.15, 0.2) is 35.4 Å². The van der Waals surface area contributed by atoms with Crippen LogP contribution in [0.2, 0.25) is 15.1 Å². The summed E-state index contributed by atoms with van der Waals surface area (Å²) in [6, 6.07) is 3.34. The second kappa shape index (κ2) is 10.2. The smallest absolute Gasteiger partial charge is 0.194 e. The van der Waals surface area contributed by atoms with E-state index >= 15 is 0 Å². The zero-order chi connectivity index (χ0) is 24.7. The number of aliphatic hydroxyl groups excluding tert-OH is 3. The SMILES string of the molecule is OC[C@H]1O[C@H](Sc2cc(Cl)c(Cl)c(Cl)c2)[C@H](O)[C@@H](n2cc(-c3cc(F)c(F)c(F)c3)nn2)[C@H]1O. The molecule has 1 saturated heterocycles. The lowest BCUT2D eigenvalue weighted by Crippen LogP contribution is -2.55. The molecule has 4 rings (SSSR count). The Morgan fingerprint density at radius 2 is 1.62 bits per heavy atom. The summed E-state index contributed by atoms with van der Waals surface area (Å²) in [6.07, 6.45) is -2.71. The molecule has 14 heteroatoms. The largest absolute Gasteiger partial charge is 0.394 e. The topological polar surface area (TPSA) is 101 Å². The van der Waals surface area contributed by atoms with Crippen LogP contribution in [0.1, 0.15) is 6.04 Å². The lowest BCUT2D eigenvalue weighted by atomic mass is 9.97. The van der Waals surface area contributed by atoms with Crippen molar-refractivity contribution in [1.82, 2.24) is 15.0 Å². The molecule has 0 aliphatic carbocycles. The summed E-state index contributed by atoms with van der Waals surface area (Å²) in [7, 11) is 0. The number of hydrogen-bond donors (Lipinski definition) is 3. The Balaban J connectivity index is 1.64. The third-order valence-corrected chi connectivity index (χ3v) is 7.48. The number of ether oxygens (including phenoxy) is 1. The van der Waals surface area contributed by atoms with Crippen molar-refractivity contribution in [2.24, 2.45) is 0 Å². The van der Waals surface area contributed by atoms with Crippen LogP contribution in [0.25, 0.3) is 11.3 Å². The third kappa shape index (κ3) is 4.89. The lowest BCUT2D eigenvalue weighted by molar-refractivity contribution is -0.178. The van der Waals surface area contributed by atoms with Gasteiger partial charge in [-0.05, 0) is 24.3 Å². The van der Waals surface area contributed by atoms with Gasteiger partial charge in [-0.3, -0.25) is 0 Å². The van der Waals surface area contributed by atoms with Gasteiger partial charge in [0.2, 0.25) is 0 Å². The predicted molar refractivity (Wildman–Crippen MR) is 119 cm³/mol. The average molecular weight is 557 g/mol. The van der Waals surface area contributed by atoms with Crippen LogP contribution in [0.4, 0.5) is 13.2 Å². The number of aromatic nitrogens is 3. The van der Waals surface area contributed by atoms with E-state index in [1.165, 1.54) is 18.3 Å². The van der Waals surface area contributed by atoms with Gasteiger partial charge in [-0.15, -0.1) is 5.10 Å². The second-order valence-electron chi connectivity index (χ2n) is 7.35. The van der Waals surface area contributed by atoms with Gasteiger partial charge >= 0.3 is 0 Å². The van der Waals surface area contributed by atoms with E-state index < -0.39 is 53.8 Å².